The van der Waals surface area contributed by atoms with Gasteiger partial charge < -0.3 is 24.5 Å². The molecule has 13 heteroatoms. The molecule has 0 radical (unpaired) electrons. The van der Waals surface area contributed by atoms with Gasteiger partial charge >= 0.3 is 0 Å². The molecule has 3 aliphatic rings. The zero-order valence-electron chi connectivity index (χ0n) is 31.3. The van der Waals surface area contributed by atoms with Crippen LogP contribution in [0.2, 0.25) is 0 Å². The summed E-state index contributed by atoms with van der Waals surface area (Å²) in [5.41, 5.74) is 5.36. The Morgan fingerprint density at radius 2 is 1.80 bits per heavy atom. The van der Waals surface area contributed by atoms with Crippen molar-refractivity contribution in [2.24, 2.45) is 0 Å². The number of hydrogen-bond donors (Lipinski definition) is 3. The van der Waals surface area contributed by atoms with Crippen LogP contribution in [0, 0.1) is 0 Å². The van der Waals surface area contributed by atoms with Crippen LogP contribution in [0.15, 0.2) is 79.0 Å². The topological polar surface area (TPSA) is 159 Å². The minimum atomic E-state index is -1.02. The first-order chi connectivity index (χ1) is 27.3. The lowest BCUT2D eigenvalue weighted by molar-refractivity contribution is -0.167. The first-order valence-corrected chi connectivity index (χ1v) is 19.3. The van der Waals surface area contributed by atoms with Crippen LogP contribution >= 0.6 is 0 Å². The molecule has 3 aliphatic heterocycles. The normalized spacial score (nSPS) is 18.6. The number of anilines is 1. The van der Waals surface area contributed by atoms with Gasteiger partial charge in [-0.15, -0.1) is 0 Å². The van der Waals surface area contributed by atoms with Gasteiger partial charge in [-0.3, -0.25) is 39.1 Å². The summed E-state index contributed by atoms with van der Waals surface area (Å²) in [7, 11) is 0. The van der Waals surface area contributed by atoms with Crippen LogP contribution in [0.5, 0.6) is 0 Å². The maximum Gasteiger partial charge on any atom is 0.264 e. The number of fused-ring (bicyclic) bond motifs is 2. The number of nitrogens with one attached hydrogen (secondary N) is 3. The molecule has 1 aromatic heterocycles. The number of hydrogen-bond acceptors (Lipinski definition) is 10. The minimum absolute atomic E-state index is 0.00288. The van der Waals surface area contributed by atoms with E-state index in [1.165, 1.54) is 10.9 Å². The quantitative estimate of drug-likeness (QED) is 0.0726. The van der Waals surface area contributed by atoms with Gasteiger partial charge in [-0.1, -0.05) is 54.6 Å². The lowest BCUT2D eigenvalue weighted by Gasteiger charge is -2.27. The molecule has 0 aliphatic carbocycles. The summed E-state index contributed by atoms with van der Waals surface area (Å²) in [5.74, 6) is -2.25. The number of ketones is 1. The first-order valence-electron chi connectivity index (χ1n) is 19.3. The van der Waals surface area contributed by atoms with E-state index in [1.54, 1.807) is 30.4 Å². The molecule has 4 heterocycles. The van der Waals surface area contributed by atoms with Gasteiger partial charge in [0.15, 0.2) is 12.1 Å². The predicted molar refractivity (Wildman–Crippen MR) is 210 cm³/mol. The van der Waals surface area contributed by atoms with Crippen LogP contribution in [-0.4, -0.2) is 103 Å². The van der Waals surface area contributed by atoms with Crippen molar-refractivity contribution in [2.45, 2.75) is 57.4 Å². The van der Waals surface area contributed by atoms with Gasteiger partial charge in [0.05, 0.1) is 24.3 Å². The van der Waals surface area contributed by atoms with Crippen LogP contribution < -0.4 is 10.6 Å². The molecule has 2 saturated heterocycles. The fourth-order valence-corrected chi connectivity index (χ4v) is 7.35. The molecule has 7 rings (SSSR count). The summed E-state index contributed by atoms with van der Waals surface area (Å²) in [6.07, 6.45) is 9.05. The van der Waals surface area contributed by atoms with E-state index in [2.05, 4.69) is 51.0 Å². The number of ether oxygens (including phenoxy) is 3. The van der Waals surface area contributed by atoms with E-state index in [0.717, 1.165) is 53.8 Å². The molecular formula is C43H47N5O8. The third-order valence-corrected chi connectivity index (χ3v) is 10.4. The average molecular weight is 762 g/mol. The van der Waals surface area contributed by atoms with E-state index in [4.69, 9.17) is 14.2 Å². The summed E-state index contributed by atoms with van der Waals surface area (Å²) in [4.78, 5) is 69.8. The maximum atomic E-state index is 13.4. The smallest absolute Gasteiger partial charge is 0.264 e. The standard InChI is InChI=1S/C43H47N5O8/c49-32(28-56-39-10-3-4-23-55-39)16-15-29-11-13-30(14-12-29)27-47(21-19-31-26-45-35-8-2-1-6-33(31)35)22-25-54-24-20-44-36-9-5-7-34-40(36)43(53)48(42(34)52)37-17-18-38(50)46-41(37)51/h1-2,5-9,11-16,26,37,39,44-45H,3-4,10,17-25,27-28H2,(H,46,50,51)/b16-15+. The van der Waals surface area contributed by atoms with Crippen LogP contribution in [0.1, 0.15) is 69.5 Å². The Hall–Kier alpha value is -5.47. The molecule has 2 unspecified atom stereocenters. The molecule has 4 aromatic rings. The number of nitrogens with zero attached hydrogens (tertiary/aromatic N) is 2. The highest BCUT2D eigenvalue weighted by Gasteiger charge is 2.45. The molecule has 3 aromatic carbocycles. The summed E-state index contributed by atoms with van der Waals surface area (Å²) in [6, 6.07) is 20.4. The van der Waals surface area contributed by atoms with Crippen molar-refractivity contribution in [1.29, 1.82) is 0 Å². The number of para-hydroxylation sites is 1. The lowest BCUT2D eigenvalue weighted by atomic mass is 10.0. The summed E-state index contributed by atoms with van der Waals surface area (Å²) in [6.45, 7) is 4.09. The van der Waals surface area contributed by atoms with Gasteiger partial charge in [-0.2, -0.15) is 0 Å². The second-order valence-electron chi connectivity index (χ2n) is 14.2. The van der Waals surface area contributed by atoms with Crippen LogP contribution in [0.25, 0.3) is 17.0 Å². The predicted octanol–water partition coefficient (Wildman–Crippen LogP) is 4.87. The summed E-state index contributed by atoms with van der Waals surface area (Å²) in [5, 5.41) is 6.68. The fraction of sp³-hybridized carbons (Fsp3) is 0.372. The number of H-pyrrole nitrogens is 1. The van der Waals surface area contributed by atoms with Crippen LogP contribution in [0.4, 0.5) is 5.69 Å². The molecule has 2 atom stereocenters. The zero-order chi connectivity index (χ0) is 38.9. The van der Waals surface area contributed by atoms with Gasteiger partial charge in [0, 0.05) is 62.0 Å². The Kier molecular flexibility index (Phi) is 12.8. The van der Waals surface area contributed by atoms with E-state index >= 15 is 0 Å². The van der Waals surface area contributed by atoms with E-state index in [-0.39, 0.29) is 42.6 Å². The van der Waals surface area contributed by atoms with E-state index < -0.39 is 29.7 Å². The monoisotopic (exact) mass is 761 g/mol. The SMILES string of the molecule is O=C(/C=C/c1ccc(CN(CCOCCNc2cccc3c2C(=O)N(C2CCC(=O)NC2=O)C3=O)CCc2c[nH]c3ccccc23)cc1)COC1CCCCO1. The molecule has 56 heavy (non-hydrogen) atoms. The number of rotatable bonds is 18. The number of imide groups is 2. The van der Waals surface area contributed by atoms with Crippen LogP contribution in [-0.2, 0) is 41.6 Å². The summed E-state index contributed by atoms with van der Waals surface area (Å²) < 4.78 is 17.2. The molecule has 13 nitrogen and oxygen atoms in total. The average Bonchev–Trinajstić information content (AvgIpc) is 3.74. The number of carbonyl (C=O) groups excluding carboxylic acids is 5. The number of benzene rings is 3. The highest BCUT2D eigenvalue weighted by molar-refractivity contribution is 6.25. The number of aromatic nitrogens is 1. The molecule has 2 fully saturated rings. The van der Waals surface area contributed by atoms with Gasteiger partial charge in [0.1, 0.15) is 12.6 Å². The van der Waals surface area contributed by atoms with Gasteiger partial charge in [0.25, 0.3) is 11.8 Å². The fourth-order valence-electron chi connectivity index (χ4n) is 7.35. The number of aromatic amines is 1. The second kappa shape index (κ2) is 18.4. The lowest BCUT2D eigenvalue weighted by Crippen LogP contribution is -2.54. The number of carbonyl (C=O) groups is 5. The van der Waals surface area contributed by atoms with E-state index in [9.17, 15) is 24.0 Å². The van der Waals surface area contributed by atoms with Crippen molar-refractivity contribution >= 4 is 52.1 Å². The number of piperidine rings is 1. The minimum Gasteiger partial charge on any atom is -0.382 e. The molecule has 0 spiro atoms. The largest absolute Gasteiger partial charge is 0.382 e. The van der Waals surface area contributed by atoms with Crippen molar-refractivity contribution in [2.75, 3.05) is 51.4 Å². The highest BCUT2D eigenvalue weighted by atomic mass is 16.7. The first kappa shape index (κ1) is 38.8. The molecular weight excluding hydrogens is 714 g/mol. The van der Waals surface area contributed by atoms with Crippen LogP contribution in [0.3, 0.4) is 0 Å². The van der Waals surface area contributed by atoms with Crippen molar-refractivity contribution in [3.63, 3.8) is 0 Å². The second-order valence-corrected chi connectivity index (χ2v) is 14.2. The molecule has 0 bridgehead atoms. The Morgan fingerprint density at radius 1 is 0.946 bits per heavy atom. The Bertz CT molecular complexity index is 2090. The van der Waals surface area contributed by atoms with Crippen molar-refractivity contribution < 1.29 is 38.2 Å². The Balaban J connectivity index is 0.915. The maximum absolute atomic E-state index is 13.4. The molecule has 0 saturated carbocycles. The molecule has 3 N–H and O–H groups in total. The summed E-state index contributed by atoms with van der Waals surface area (Å²) >= 11 is 0. The van der Waals surface area contributed by atoms with Gasteiger partial charge in [0.2, 0.25) is 11.8 Å². The highest BCUT2D eigenvalue weighted by Crippen LogP contribution is 2.32. The van der Waals surface area contributed by atoms with E-state index in [0.29, 0.717) is 45.1 Å². The van der Waals surface area contributed by atoms with E-state index in [1.807, 2.05) is 24.3 Å². The van der Waals surface area contributed by atoms with Gasteiger partial charge in [-0.25, -0.2) is 0 Å². The molecule has 292 valence electrons. The third kappa shape index (κ3) is 9.48. The van der Waals surface area contributed by atoms with Crippen molar-refractivity contribution in [1.82, 2.24) is 20.1 Å². The molecule has 4 amide bonds. The third-order valence-electron chi connectivity index (χ3n) is 10.4. The van der Waals surface area contributed by atoms with Crippen molar-refractivity contribution in [3.8, 4) is 0 Å². The zero-order valence-corrected chi connectivity index (χ0v) is 31.3. The number of amides is 4. The Morgan fingerprint density at radius 3 is 2.62 bits per heavy atom. The Labute approximate surface area is 325 Å². The van der Waals surface area contributed by atoms with Gasteiger partial charge in [-0.05, 0) is 73.1 Å². The van der Waals surface area contributed by atoms with Crippen molar-refractivity contribution in [3.05, 3.63) is 107 Å².